The molecule has 1 aromatic heterocycles. The van der Waals surface area contributed by atoms with Crippen molar-refractivity contribution in [2.75, 3.05) is 17.2 Å². The van der Waals surface area contributed by atoms with Gasteiger partial charge >= 0.3 is 12.5 Å². The van der Waals surface area contributed by atoms with E-state index in [4.69, 9.17) is 0 Å². The molecule has 0 aliphatic rings. The molecule has 0 aliphatic carbocycles. The zero-order valence-corrected chi connectivity index (χ0v) is 18.6. The highest BCUT2D eigenvalue weighted by Crippen LogP contribution is 2.32. The molecule has 3 aromatic rings. The van der Waals surface area contributed by atoms with Gasteiger partial charge in [-0.15, -0.1) is 13.2 Å². The number of aliphatic hydroxyl groups excluding tert-OH is 1. The fraction of sp³-hybridized carbons (Fsp3) is 0.304. The molecule has 0 saturated carbocycles. The molecule has 2 aromatic carbocycles. The number of halogens is 6. The number of rotatable bonds is 8. The monoisotopic (exact) mass is 500 g/mol. The molecule has 12 heteroatoms. The van der Waals surface area contributed by atoms with Gasteiger partial charge in [-0.3, -0.25) is 0 Å². The quantitative estimate of drug-likeness (QED) is 0.318. The molecule has 3 N–H and O–H groups in total. The smallest absolute Gasteiger partial charge is 0.406 e. The van der Waals surface area contributed by atoms with E-state index in [2.05, 4.69) is 25.3 Å². The first kappa shape index (κ1) is 26.1. The van der Waals surface area contributed by atoms with Gasteiger partial charge in [0.15, 0.2) is 0 Å². The first-order valence-electron chi connectivity index (χ1n) is 10.4. The van der Waals surface area contributed by atoms with Gasteiger partial charge in [-0.05, 0) is 42.3 Å². The summed E-state index contributed by atoms with van der Waals surface area (Å²) in [5.41, 5.74) is -0.0361. The summed E-state index contributed by atoms with van der Waals surface area (Å²) >= 11 is 0. The van der Waals surface area contributed by atoms with Crippen molar-refractivity contribution in [3.8, 4) is 17.0 Å². The maximum Gasteiger partial charge on any atom is 0.573 e. The van der Waals surface area contributed by atoms with Crippen LogP contribution in [-0.2, 0) is 6.18 Å². The molecule has 6 nitrogen and oxygen atoms in total. The Morgan fingerprint density at radius 3 is 2.20 bits per heavy atom. The highest BCUT2D eigenvalue weighted by molar-refractivity contribution is 5.68. The lowest BCUT2D eigenvalue weighted by Crippen LogP contribution is -2.30. The number of aromatic nitrogens is 2. The first-order chi connectivity index (χ1) is 16.3. The van der Waals surface area contributed by atoms with Gasteiger partial charge in [-0.2, -0.15) is 18.2 Å². The Balaban J connectivity index is 1.98. The first-order valence-corrected chi connectivity index (χ1v) is 10.4. The molecule has 35 heavy (non-hydrogen) atoms. The Morgan fingerprint density at radius 1 is 0.943 bits per heavy atom. The maximum atomic E-state index is 12.8. The second-order valence-electron chi connectivity index (χ2n) is 7.92. The van der Waals surface area contributed by atoms with Crippen LogP contribution >= 0.6 is 0 Å². The molecule has 0 radical (unpaired) electrons. The largest absolute Gasteiger partial charge is 0.573 e. The van der Waals surface area contributed by atoms with E-state index in [1.165, 1.54) is 30.3 Å². The van der Waals surface area contributed by atoms with Crippen molar-refractivity contribution < 1.29 is 36.2 Å². The Morgan fingerprint density at radius 2 is 1.63 bits per heavy atom. The third kappa shape index (κ3) is 7.47. The Hall–Kier alpha value is -3.54. The lowest BCUT2D eigenvalue weighted by molar-refractivity contribution is -0.274. The van der Waals surface area contributed by atoms with Gasteiger partial charge in [0.05, 0.1) is 23.9 Å². The van der Waals surface area contributed by atoms with Gasteiger partial charge in [0.1, 0.15) is 11.6 Å². The third-order valence-corrected chi connectivity index (χ3v) is 4.89. The van der Waals surface area contributed by atoms with Crippen LogP contribution in [0, 0.1) is 5.92 Å². The average molecular weight is 500 g/mol. The molecule has 0 fully saturated rings. The molecule has 3 rings (SSSR count). The molecule has 0 bridgehead atoms. The number of hydrogen-bond acceptors (Lipinski definition) is 6. The number of alkyl halides is 6. The molecular weight excluding hydrogens is 478 g/mol. The molecule has 1 heterocycles. The molecule has 0 unspecified atom stereocenters. The van der Waals surface area contributed by atoms with Gasteiger partial charge in [0.2, 0.25) is 5.95 Å². The number of ether oxygens (including phenoxy) is 1. The standard InChI is InChI=1S/C23H22F6N4O2/c1-13(2)19(12-34)32-21-31-18(14-4-3-5-17(10-14)35-23(27,28)29)11-20(33-21)30-16-8-6-15(7-9-16)22(24,25)26/h3-11,13,19,34H,12H2,1-2H3,(H2,30,31,32,33)/t19-/m0/s1. The fourth-order valence-electron chi connectivity index (χ4n) is 3.06. The number of anilines is 3. The summed E-state index contributed by atoms with van der Waals surface area (Å²) in [7, 11) is 0. The highest BCUT2D eigenvalue weighted by Gasteiger charge is 2.31. The zero-order chi connectivity index (χ0) is 25.8. The van der Waals surface area contributed by atoms with E-state index >= 15 is 0 Å². The Labute approximate surface area is 197 Å². The average Bonchev–Trinajstić information content (AvgIpc) is 2.76. The zero-order valence-electron chi connectivity index (χ0n) is 18.6. The molecule has 0 aliphatic heterocycles. The van der Waals surface area contributed by atoms with Crippen LogP contribution in [0.15, 0.2) is 54.6 Å². The molecule has 1 atom stereocenters. The second kappa shape index (κ2) is 10.4. The lowest BCUT2D eigenvalue weighted by atomic mass is 10.1. The van der Waals surface area contributed by atoms with Crippen molar-refractivity contribution in [1.82, 2.24) is 9.97 Å². The summed E-state index contributed by atoms with van der Waals surface area (Å²) in [6.07, 6.45) is -9.37. The summed E-state index contributed by atoms with van der Waals surface area (Å²) in [6.45, 7) is 3.48. The summed E-state index contributed by atoms with van der Waals surface area (Å²) in [6, 6.07) is 10.4. The van der Waals surface area contributed by atoms with Crippen LogP contribution in [-0.4, -0.2) is 34.1 Å². The molecule has 0 saturated heterocycles. The fourth-order valence-corrected chi connectivity index (χ4v) is 3.06. The van der Waals surface area contributed by atoms with Gasteiger partial charge in [-0.1, -0.05) is 26.0 Å². The van der Waals surface area contributed by atoms with Gasteiger partial charge in [0, 0.05) is 17.3 Å². The minimum atomic E-state index is -4.88. The van der Waals surface area contributed by atoms with E-state index in [1.54, 1.807) is 0 Å². The van der Waals surface area contributed by atoms with Crippen molar-refractivity contribution in [3.63, 3.8) is 0 Å². The number of nitrogens with one attached hydrogen (secondary N) is 2. The van der Waals surface area contributed by atoms with Crippen molar-refractivity contribution in [1.29, 1.82) is 0 Å². The van der Waals surface area contributed by atoms with Crippen molar-refractivity contribution in [2.24, 2.45) is 5.92 Å². The Bertz CT molecular complexity index is 1130. The van der Waals surface area contributed by atoms with E-state index in [-0.39, 0.29) is 35.5 Å². The van der Waals surface area contributed by atoms with Crippen molar-refractivity contribution >= 4 is 17.5 Å². The summed E-state index contributed by atoms with van der Waals surface area (Å²) in [5, 5.41) is 15.5. The van der Waals surface area contributed by atoms with Gasteiger partial charge in [0.25, 0.3) is 0 Å². The van der Waals surface area contributed by atoms with Crippen LogP contribution in [0.1, 0.15) is 19.4 Å². The van der Waals surface area contributed by atoms with Crippen LogP contribution in [0.3, 0.4) is 0 Å². The van der Waals surface area contributed by atoms with Crippen LogP contribution in [0.4, 0.5) is 43.8 Å². The molecule has 0 amide bonds. The predicted molar refractivity (Wildman–Crippen MR) is 118 cm³/mol. The van der Waals surface area contributed by atoms with E-state index < -0.39 is 29.9 Å². The summed E-state index contributed by atoms with van der Waals surface area (Å²) in [5.74, 6) is -0.232. The van der Waals surface area contributed by atoms with Gasteiger partial charge < -0.3 is 20.5 Å². The second-order valence-corrected chi connectivity index (χ2v) is 7.92. The van der Waals surface area contributed by atoms with E-state index in [0.29, 0.717) is 5.69 Å². The van der Waals surface area contributed by atoms with Crippen LogP contribution in [0.2, 0.25) is 0 Å². The van der Waals surface area contributed by atoms with E-state index in [9.17, 15) is 31.4 Å². The van der Waals surface area contributed by atoms with E-state index in [0.717, 1.165) is 24.3 Å². The van der Waals surface area contributed by atoms with Crippen molar-refractivity contribution in [3.05, 3.63) is 60.2 Å². The number of nitrogens with zero attached hydrogens (tertiary/aromatic N) is 2. The third-order valence-electron chi connectivity index (χ3n) is 4.89. The number of hydrogen-bond donors (Lipinski definition) is 3. The highest BCUT2D eigenvalue weighted by atomic mass is 19.4. The summed E-state index contributed by atoms with van der Waals surface area (Å²) < 4.78 is 80.4. The molecular formula is C23H22F6N4O2. The number of aliphatic hydroxyl groups is 1. The molecule has 188 valence electrons. The van der Waals surface area contributed by atoms with Crippen molar-refractivity contribution in [2.45, 2.75) is 32.4 Å². The predicted octanol–water partition coefficient (Wildman–Crippen LogP) is 6.23. The lowest BCUT2D eigenvalue weighted by Gasteiger charge is -2.21. The maximum absolute atomic E-state index is 12.8. The van der Waals surface area contributed by atoms with Crippen LogP contribution in [0.25, 0.3) is 11.3 Å². The SMILES string of the molecule is CC(C)[C@H](CO)Nc1nc(Nc2ccc(C(F)(F)F)cc2)cc(-c2cccc(OC(F)(F)F)c2)n1. The minimum Gasteiger partial charge on any atom is -0.406 e. The normalized spacial score (nSPS) is 13.0. The topological polar surface area (TPSA) is 79.3 Å². The van der Waals surface area contributed by atoms with Crippen LogP contribution in [0.5, 0.6) is 5.75 Å². The van der Waals surface area contributed by atoms with Crippen LogP contribution < -0.4 is 15.4 Å². The summed E-state index contributed by atoms with van der Waals surface area (Å²) in [4.78, 5) is 8.64. The van der Waals surface area contributed by atoms with Gasteiger partial charge in [-0.25, -0.2) is 4.98 Å². The Kier molecular flexibility index (Phi) is 7.73. The van der Waals surface area contributed by atoms with E-state index in [1.807, 2.05) is 13.8 Å². The number of benzene rings is 2. The molecule has 0 spiro atoms. The minimum absolute atomic E-state index is 0.0120.